The highest BCUT2D eigenvalue weighted by molar-refractivity contribution is 5.82. The molecule has 34 heavy (non-hydrogen) atoms. The van der Waals surface area contributed by atoms with E-state index in [2.05, 4.69) is 20.3 Å². The number of halogens is 3. The third-order valence-electron chi connectivity index (χ3n) is 5.06. The van der Waals surface area contributed by atoms with Crippen molar-refractivity contribution in [3.8, 4) is 11.8 Å². The van der Waals surface area contributed by atoms with Gasteiger partial charge in [-0.3, -0.25) is 9.36 Å². The Kier molecular flexibility index (Phi) is 5.77. The SMILES string of the molecule is Cc1ccc(F)c2c(=O)n(-c3cc(F)cc(F)c3)c(CCNc3nc(N)nc(N)c3C#N)nc12. The van der Waals surface area contributed by atoms with Crippen LogP contribution in [0.15, 0.2) is 35.1 Å². The summed E-state index contributed by atoms with van der Waals surface area (Å²) in [6, 6.07) is 7.03. The summed E-state index contributed by atoms with van der Waals surface area (Å²) in [6.45, 7) is 1.72. The quantitative estimate of drug-likeness (QED) is 0.406. The van der Waals surface area contributed by atoms with Crippen molar-refractivity contribution in [1.29, 1.82) is 5.26 Å². The average molecular weight is 466 g/mol. The van der Waals surface area contributed by atoms with Crippen molar-refractivity contribution in [1.82, 2.24) is 19.5 Å². The molecule has 4 rings (SSSR count). The Labute approximate surface area is 190 Å². The van der Waals surface area contributed by atoms with Gasteiger partial charge in [-0.1, -0.05) is 6.07 Å². The smallest absolute Gasteiger partial charge is 0.268 e. The molecule has 0 radical (unpaired) electrons. The van der Waals surface area contributed by atoms with E-state index in [1.807, 2.05) is 6.07 Å². The molecular formula is C22H17F3N8O. The van der Waals surface area contributed by atoms with Crippen molar-refractivity contribution in [2.75, 3.05) is 23.3 Å². The minimum Gasteiger partial charge on any atom is -0.382 e. The first-order valence-corrected chi connectivity index (χ1v) is 9.93. The van der Waals surface area contributed by atoms with Crippen molar-refractivity contribution in [2.24, 2.45) is 0 Å². The zero-order valence-electron chi connectivity index (χ0n) is 17.7. The highest BCUT2D eigenvalue weighted by Gasteiger charge is 2.19. The summed E-state index contributed by atoms with van der Waals surface area (Å²) < 4.78 is 43.4. The number of nitrogens with one attached hydrogen (secondary N) is 1. The fourth-order valence-electron chi connectivity index (χ4n) is 3.56. The predicted octanol–water partition coefficient (Wildman–Crippen LogP) is 2.59. The number of rotatable bonds is 5. The van der Waals surface area contributed by atoms with Crippen LogP contribution in [0.2, 0.25) is 0 Å². The first kappa shape index (κ1) is 22.5. The Balaban J connectivity index is 1.83. The van der Waals surface area contributed by atoms with E-state index >= 15 is 0 Å². The number of nitrogens with zero attached hydrogens (tertiary/aromatic N) is 5. The van der Waals surface area contributed by atoms with Crippen molar-refractivity contribution >= 4 is 28.5 Å². The Morgan fingerprint density at radius 2 is 1.79 bits per heavy atom. The number of fused-ring (bicyclic) bond motifs is 1. The summed E-state index contributed by atoms with van der Waals surface area (Å²) in [7, 11) is 0. The molecule has 0 unspecified atom stereocenters. The van der Waals surface area contributed by atoms with E-state index in [0.29, 0.717) is 11.6 Å². The molecule has 2 aromatic heterocycles. The highest BCUT2D eigenvalue weighted by Crippen LogP contribution is 2.22. The average Bonchev–Trinajstić information content (AvgIpc) is 2.75. The lowest BCUT2D eigenvalue weighted by atomic mass is 10.1. The molecule has 0 fully saturated rings. The van der Waals surface area contributed by atoms with Crippen LogP contribution in [0.3, 0.4) is 0 Å². The molecule has 0 saturated heterocycles. The van der Waals surface area contributed by atoms with Crippen molar-refractivity contribution in [2.45, 2.75) is 13.3 Å². The van der Waals surface area contributed by atoms with Crippen molar-refractivity contribution < 1.29 is 13.2 Å². The standard InChI is InChI=1S/C22H17F3N8O/c1-10-2-3-15(25)17-18(10)30-16(33(21(17)34)13-7-11(23)6-12(24)8-13)4-5-29-20-14(9-26)19(27)31-22(28)32-20/h2-3,6-8H,4-5H2,1H3,(H5,27,28,29,31,32). The number of hydrogen-bond donors (Lipinski definition) is 3. The number of hydrogen-bond acceptors (Lipinski definition) is 8. The normalized spacial score (nSPS) is 10.9. The van der Waals surface area contributed by atoms with Gasteiger partial charge in [0.05, 0.1) is 11.2 Å². The summed E-state index contributed by atoms with van der Waals surface area (Å²) in [5.74, 6) is -2.74. The molecule has 5 N–H and O–H groups in total. The highest BCUT2D eigenvalue weighted by atomic mass is 19.1. The lowest BCUT2D eigenvalue weighted by molar-refractivity contribution is 0.580. The van der Waals surface area contributed by atoms with E-state index in [1.54, 1.807) is 6.92 Å². The molecule has 0 bridgehead atoms. The summed E-state index contributed by atoms with van der Waals surface area (Å²) in [5.41, 5.74) is 11.0. The topological polar surface area (TPSA) is 149 Å². The van der Waals surface area contributed by atoms with Crippen LogP contribution < -0.4 is 22.3 Å². The van der Waals surface area contributed by atoms with Crippen LogP contribution in [-0.2, 0) is 6.42 Å². The van der Waals surface area contributed by atoms with Gasteiger partial charge in [0.2, 0.25) is 5.95 Å². The van der Waals surface area contributed by atoms with Gasteiger partial charge in [0.15, 0.2) is 5.82 Å². The first-order valence-electron chi connectivity index (χ1n) is 9.93. The molecular weight excluding hydrogens is 449 g/mol. The van der Waals surface area contributed by atoms with Gasteiger partial charge in [-0.2, -0.15) is 15.2 Å². The molecule has 0 amide bonds. The van der Waals surface area contributed by atoms with Gasteiger partial charge in [-0.05, 0) is 30.7 Å². The van der Waals surface area contributed by atoms with Gasteiger partial charge < -0.3 is 16.8 Å². The molecule has 0 aliphatic rings. The van der Waals surface area contributed by atoms with Gasteiger partial charge in [-0.25, -0.2) is 18.2 Å². The van der Waals surface area contributed by atoms with Crippen molar-refractivity contribution in [3.05, 3.63) is 75.1 Å². The molecule has 4 aromatic rings. The molecule has 0 aliphatic heterocycles. The molecule has 9 nitrogen and oxygen atoms in total. The van der Waals surface area contributed by atoms with Crippen molar-refractivity contribution in [3.63, 3.8) is 0 Å². The molecule has 0 atom stereocenters. The van der Waals surface area contributed by atoms with Crippen LogP contribution in [0, 0.1) is 35.7 Å². The second-order valence-electron chi connectivity index (χ2n) is 7.36. The van der Waals surface area contributed by atoms with Crippen LogP contribution in [0.4, 0.5) is 30.8 Å². The first-order chi connectivity index (χ1) is 16.2. The van der Waals surface area contributed by atoms with Crippen LogP contribution in [-0.4, -0.2) is 26.1 Å². The molecule has 12 heteroatoms. The largest absolute Gasteiger partial charge is 0.382 e. The number of benzene rings is 2. The van der Waals surface area contributed by atoms with Gasteiger partial charge in [0.25, 0.3) is 5.56 Å². The molecule has 172 valence electrons. The molecule has 2 heterocycles. The minimum atomic E-state index is -0.915. The monoisotopic (exact) mass is 466 g/mol. The molecule has 0 spiro atoms. The number of nitrogens with two attached hydrogens (primary N) is 2. The Bertz CT molecular complexity index is 1520. The fourth-order valence-corrected chi connectivity index (χ4v) is 3.56. The van der Waals surface area contributed by atoms with Gasteiger partial charge in [0.1, 0.15) is 46.1 Å². The Morgan fingerprint density at radius 1 is 1.09 bits per heavy atom. The number of aryl methyl sites for hydroxylation is 1. The molecule has 0 aliphatic carbocycles. The molecule has 2 aromatic carbocycles. The van der Waals surface area contributed by atoms with Crippen LogP contribution in [0.1, 0.15) is 17.0 Å². The number of nitriles is 1. The zero-order chi connectivity index (χ0) is 24.6. The maximum Gasteiger partial charge on any atom is 0.268 e. The van der Waals surface area contributed by atoms with E-state index in [1.165, 1.54) is 6.07 Å². The summed E-state index contributed by atoms with van der Waals surface area (Å²) >= 11 is 0. The fraction of sp³-hybridized carbons (Fsp3) is 0.136. The van der Waals surface area contributed by atoms with Crippen LogP contribution in [0.25, 0.3) is 16.6 Å². The lowest BCUT2D eigenvalue weighted by Gasteiger charge is -2.16. The third kappa shape index (κ3) is 4.06. The maximum atomic E-state index is 14.6. The van der Waals surface area contributed by atoms with Gasteiger partial charge in [0, 0.05) is 19.0 Å². The van der Waals surface area contributed by atoms with Crippen LogP contribution in [0.5, 0.6) is 0 Å². The summed E-state index contributed by atoms with van der Waals surface area (Å²) in [4.78, 5) is 25.4. The van der Waals surface area contributed by atoms with Gasteiger partial charge in [-0.15, -0.1) is 0 Å². The number of aromatic nitrogens is 4. The summed E-state index contributed by atoms with van der Waals surface area (Å²) in [5, 5.41) is 11.9. The summed E-state index contributed by atoms with van der Waals surface area (Å²) in [6.07, 6.45) is 0.0218. The Morgan fingerprint density at radius 3 is 2.47 bits per heavy atom. The second-order valence-corrected chi connectivity index (χ2v) is 7.36. The Hall–Kier alpha value is -4.66. The van der Waals surface area contributed by atoms with E-state index in [-0.39, 0.29) is 58.5 Å². The zero-order valence-corrected chi connectivity index (χ0v) is 17.7. The third-order valence-corrected chi connectivity index (χ3v) is 5.06. The number of nitrogen functional groups attached to an aromatic ring is 2. The minimum absolute atomic E-state index is 0.0218. The van der Waals surface area contributed by atoms with Gasteiger partial charge >= 0.3 is 0 Å². The maximum absolute atomic E-state index is 14.6. The van der Waals surface area contributed by atoms with E-state index < -0.39 is 23.0 Å². The predicted molar refractivity (Wildman–Crippen MR) is 120 cm³/mol. The molecule has 0 saturated carbocycles. The van der Waals surface area contributed by atoms with E-state index in [0.717, 1.165) is 22.8 Å². The van der Waals surface area contributed by atoms with E-state index in [9.17, 15) is 23.2 Å². The lowest BCUT2D eigenvalue weighted by Crippen LogP contribution is -2.26. The second kappa shape index (κ2) is 8.70. The van der Waals surface area contributed by atoms with E-state index in [4.69, 9.17) is 11.5 Å². The number of anilines is 3. The van der Waals surface area contributed by atoms with Crippen LogP contribution >= 0.6 is 0 Å².